The third-order valence-corrected chi connectivity index (χ3v) is 2.11. The molecular formula is C9H14N4O3. The lowest BCUT2D eigenvalue weighted by Crippen LogP contribution is -2.20. The quantitative estimate of drug-likeness (QED) is 0.654. The van der Waals surface area contributed by atoms with Crippen molar-refractivity contribution in [1.29, 1.82) is 0 Å². The summed E-state index contributed by atoms with van der Waals surface area (Å²) in [4.78, 5) is 11.3. The topological polar surface area (TPSA) is 103 Å². The van der Waals surface area contributed by atoms with Crippen LogP contribution in [0.5, 0.6) is 0 Å². The lowest BCUT2D eigenvalue weighted by Gasteiger charge is -2.00. The highest BCUT2D eigenvalue weighted by molar-refractivity contribution is 5.89. The first-order valence-electron chi connectivity index (χ1n) is 5.20. The van der Waals surface area contributed by atoms with Gasteiger partial charge in [-0.2, -0.15) is 0 Å². The molecular weight excluding hydrogens is 212 g/mol. The lowest BCUT2D eigenvalue weighted by molar-refractivity contribution is -0.120. The first-order chi connectivity index (χ1) is 7.79. The summed E-state index contributed by atoms with van der Waals surface area (Å²) in [6.07, 6.45) is 2.16. The van der Waals surface area contributed by atoms with Crippen LogP contribution in [0.15, 0.2) is 4.42 Å². The van der Waals surface area contributed by atoms with Crippen LogP contribution in [0.2, 0.25) is 0 Å². The second kappa shape index (κ2) is 5.04. The molecule has 0 spiro atoms. The summed E-state index contributed by atoms with van der Waals surface area (Å²) in [5.74, 6) is 0.657. The van der Waals surface area contributed by atoms with Crippen molar-refractivity contribution in [3.05, 3.63) is 5.89 Å². The van der Waals surface area contributed by atoms with Gasteiger partial charge in [-0.3, -0.25) is 10.1 Å². The van der Waals surface area contributed by atoms with Crippen molar-refractivity contribution in [3.8, 4) is 0 Å². The number of nitrogens with two attached hydrogens (primary N) is 1. The number of carbonyl (C=O) groups is 1. The second-order valence-corrected chi connectivity index (χ2v) is 3.61. The van der Waals surface area contributed by atoms with Crippen LogP contribution in [0.1, 0.15) is 24.7 Å². The first kappa shape index (κ1) is 11.0. The van der Waals surface area contributed by atoms with E-state index in [1.807, 2.05) is 0 Å². The van der Waals surface area contributed by atoms with E-state index in [0.717, 1.165) is 12.8 Å². The number of amides is 1. The maximum atomic E-state index is 11.3. The van der Waals surface area contributed by atoms with Crippen molar-refractivity contribution in [1.82, 2.24) is 10.2 Å². The molecule has 0 aliphatic heterocycles. The van der Waals surface area contributed by atoms with Crippen molar-refractivity contribution < 1.29 is 13.9 Å². The van der Waals surface area contributed by atoms with Gasteiger partial charge < -0.3 is 14.9 Å². The summed E-state index contributed by atoms with van der Waals surface area (Å²) in [6, 6.07) is 0.128. The molecule has 7 nitrogen and oxygen atoms in total. The van der Waals surface area contributed by atoms with Gasteiger partial charge in [0.25, 0.3) is 5.91 Å². The molecule has 1 aromatic heterocycles. The number of aromatic nitrogens is 2. The third-order valence-electron chi connectivity index (χ3n) is 2.11. The normalized spacial score (nSPS) is 15.1. The number of nitrogens with one attached hydrogen (secondary N) is 1. The molecule has 2 rings (SSSR count). The Hall–Kier alpha value is -1.47. The monoisotopic (exact) mass is 226 g/mol. The Bertz CT molecular complexity index is 361. The van der Waals surface area contributed by atoms with Crippen LogP contribution in [0.25, 0.3) is 0 Å². The van der Waals surface area contributed by atoms with E-state index < -0.39 is 0 Å². The molecule has 1 aromatic rings. The molecule has 1 saturated carbocycles. The summed E-state index contributed by atoms with van der Waals surface area (Å²) < 4.78 is 10.2. The first-order valence-corrected chi connectivity index (χ1v) is 5.20. The van der Waals surface area contributed by atoms with Gasteiger partial charge in [-0.15, -0.1) is 5.10 Å². The molecule has 1 heterocycles. The van der Waals surface area contributed by atoms with Gasteiger partial charge in [-0.05, 0) is 12.8 Å². The largest absolute Gasteiger partial charge is 0.408 e. The van der Waals surface area contributed by atoms with E-state index in [-0.39, 0.29) is 18.5 Å². The maximum absolute atomic E-state index is 11.3. The van der Waals surface area contributed by atoms with Crippen molar-refractivity contribution in [2.75, 3.05) is 25.1 Å². The molecule has 1 amide bonds. The predicted molar refractivity (Wildman–Crippen MR) is 54.8 cm³/mol. The number of hydrogen-bond donors (Lipinski definition) is 2. The van der Waals surface area contributed by atoms with Crippen molar-refractivity contribution >= 4 is 11.9 Å². The summed E-state index contributed by atoms with van der Waals surface area (Å²) in [5, 5.41) is 10.0. The molecule has 1 aliphatic rings. The SMILES string of the molecule is NCCOCC(=O)Nc1nnc(C2CC2)o1. The standard InChI is InChI=1S/C9H14N4O3/c10-3-4-15-5-7(14)11-9-13-12-8(16-9)6-1-2-6/h6H,1-5,10H2,(H,11,13,14). The number of carbonyl (C=O) groups excluding carboxylic acids is 1. The highest BCUT2D eigenvalue weighted by Gasteiger charge is 2.29. The molecule has 3 N–H and O–H groups in total. The van der Waals surface area contributed by atoms with Crippen LogP contribution in [0, 0.1) is 0 Å². The number of ether oxygens (including phenoxy) is 1. The van der Waals surface area contributed by atoms with Crippen LogP contribution in [0.4, 0.5) is 6.01 Å². The van der Waals surface area contributed by atoms with Gasteiger partial charge in [-0.1, -0.05) is 5.10 Å². The van der Waals surface area contributed by atoms with E-state index in [1.165, 1.54) is 0 Å². The predicted octanol–water partition coefficient (Wildman–Crippen LogP) is -0.139. The summed E-state index contributed by atoms with van der Waals surface area (Å²) in [5.41, 5.74) is 5.21. The molecule has 1 fully saturated rings. The minimum Gasteiger partial charge on any atom is -0.408 e. The molecule has 88 valence electrons. The van der Waals surface area contributed by atoms with Gasteiger partial charge in [0.2, 0.25) is 5.89 Å². The second-order valence-electron chi connectivity index (χ2n) is 3.61. The summed E-state index contributed by atoms with van der Waals surface area (Å²) in [7, 11) is 0. The van der Waals surface area contributed by atoms with E-state index in [4.69, 9.17) is 14.9 Å². The van der Waals surface area contributed by atoms with E-state index >= 15 is 0 Å². The van der Waals surface area contributed by atoms with Crippen molar-refractivity contribution in [2.45, 2.75) is 18.8 Å². The zero-order valence-corrected chi connectivity index (χ0v) is 8.81. The highest BCUT2D eigenvalue weighted by atomic mass is 16.5. The van der Waals surface area contributed by atoms with Crippen LogP contribution < -0.4 is 11.1 Å². The van der Waals surface area contributed by atoms with Crippen LogP contribution >= 0.6 is 0 Å². The van der Waals surface area contributed by atoms with E-state index in [0.29, 0.717) is 25.0 Å². The molecule has 1 aliphatic carbocycles. The van der Waals surface area contributed by atoms with Gasteiger partial charge in [0.15, 0.2) is 0 Å². The average molecular weight is 226 g/mol. The fourth-order valence-corrected chi connectivity index (χ4v) is 1.18. The van der Waals surface area contributed by atoms with Gasteiger partial charge in [0.05, 0.1) is 6.61 Å². The lowest BCUT2D eigenvalue weighted by atomic mass is 10.4. The molecule has 0 bridgehead atoms. The molecule has 16 heavy (non-hydrogen) atoms. The molecule has 0 unspecified atom stereocenters. The van der Waals surface area contributed by atoms with Gasteiger partial charge >= 0.3 is 6.01 Å². The molecule has 0 radical (unpaired) electrons. The van der Waals surface area contributed by atoms with E-state index in [1.54, 1.807) is 0 Å². The molecule has 0 atom stereocenters. The number of nitrogens with zero attached hydrogens (tertiary/aromatic N) is 2. The minimum atomic E-state index is -0.320. The molecule has 0 saturated heterocycles. The van der Waals surface area contributed by atoms with Crippen molar-refractivity contribution in [3.63, 3.8) is 0 Å². The fraction of sp³-hybridized carbons (Fsp3) is 0.667. The smallest absolute Gasteiger partial charge is 0.322 e. The zero-order chi connectivity index (χ0) is 11.4. The minimum absolute atomic E-state index is 0.0572. The fourth-order valence-electron chi connectivity index (χ4n) is 1.18. The summed E-state index contributed by atoms with van der Waals surface area (Å²) >= 11 is 0. The third kappa shape index (κ3) is 3.01. The molecule has 0 aromatic carbocycles. The highest BCUT2D eigenvalue weighted by Crippen LogP contribution is 2.39. The average Bonchev–Trinajstić information content (AvgIpc) is 3.01. The van der Waals surface area contributed by atoms with E-state index in [9.17, 15) is 4.79 Å². The Morgan fingerprint density at radius 3 is 3.06 bits per heavy atom. The van der Waals surface area contributed by atoms with E-state index in [2.05, 4.69) is 15.5 Å². The number of anilines is 1. The zero-order valence-electron chi connectivity index (χ0n) is 8.81. The summed E-state index contributed by atoms with van der Waals surface area (Å²) in [6.45, 7) is 0.683. The maximum Gasteiger partial charge on any atom is 0.322 e. The Kier molecular flexibility index (Phi) is 3.47. The number of rotatable bonds is 6. The van der Waals surface area contributed by atoms with Gasteiger partial charge in [0.1, 0.15) is 6.61 Å². The van der Waals surface area contributed by atoms with Crippen LogP contribution in [-0.2, 0) is 9.53 Å². The van der Waals surface area contributed by atoms with Crippen molar-refractivity contribution in [2.24, 2.45) is 5.73 Å². The number of hydrogen-bond acceptors (Lipinski definition) is 6. The van der Waals surface area contributed by atoms with Crippen LogP contribution in [-0.4, -0.2) is 35.9 Å². The van der Waals surface area contributed by atoms with Crippen LogP contribution in [0.3, 0.4) is 0 Å². The molecule has 7 heteroatoms. The Morgan fingerprint density at radius 1 is 1.56 bits per heavy atom. The Balaban J connectivity index is 1.76. The Morgan fingerprint density at radius 2 is 2.38 bits per heavy atom. The van der Waals surface area contributed by atoms with Gasteiger partial charge in [-0.25, -0.2) is 0 Å². The van der Waals surface area contributed by atoms with Gasteiger partial charge in [0, 0.05) is 12.5 Å². The Labute approximate surface area is 92.3 Å².